The van der Waals surface area contributed by atoms with Gasteiger partial charge in [-0.3, -0.25) is 9.59 Å². The van der Waals surface area contributed by atoms with Crippen molar-refractivity contribution in [1.82, 2.24) is 9.88 Å². The molecule has 2 heterocycles. The largest absolute Gasteiger partial charge is 0.394 e. The van der Waals surface area contributed by atoms with E-state index in [1.807, 2.05) is 19.1 Å². The second kappa shape index (κ2) is 5.57. The summed E-state index contributed by atoms with van der Waals surface area (Å²) in [4.78, 5) is 29.1. The maximum Gasteiger partial charge on any atom is 0.256 e. The lowest BCUT2D eigenvalue weighted by Gasteiger charge is -2.36. The number of para-hydroxylation sites is 1. The highest BCUT2D eigenvalue weighted by atomic mass is 16.3. The van der Waals surface area contributed by atoms with Crippen LogP contribution < -0.4 is 5.56 Å². The van der Waals surface area contributed by atoms with Crippen LogP contribution >= 0.6 is 0 Å². The quantitative estimate of drug-likeness (QED) is 0.909. The topological polar surface area (TPSA) is 73.4 Å². The molecule has 1 aromatic heterocycles. The number of rotatable bonds is 3. The first-order valence-corrected chi connectivity index (χ1v) is 7.66. The molecule has 3 rings (SSSR count). The summed E-state index contributed by atoms with van der Waals surface area (Å²) >= 11 is 0. The van der Waals surface area contributed by atoms with Crippen molar-refractivity contribution in [3.05, 3.63) is 46.2 Å². The number of aliphatic hydroxyl groups excluding tert-OH is 1. The van der Waals surface area contributed by atoms with E-state index in [1.165, 1.54) is 6.07 Å². The summed E-state index contributed by atoms with van der Waals surface area (Å²) in [6, 6.07) is 8.59. The molecule has 1 saturated heterocycles. The smallest absolute Gasteiger partial charge is 0.256 e. The minimum Gasteiger partial charge on any atom is -0.394 e. The van der Waals surface area contributed by atoms with Gasteiger partial charge in [0.15, 0.2) is 0 Å². The number of hydrogen-bond acceptors (Lipinski definition) is 3. The van der Waals surface area contributed by atoms with Gasteiger partial charge in [0.05, 0.1) is 23.2 Å². The molecule has 2 N–H and O–H groups in total. The van der Waals surface area contributed by atoms with Crippen molar-refractivity contribution in [2.24, 2.45) is 0 Å². The van der Waals surface area contributed by atoms with Gasteiger partial charge in [0.2, 0.25) is 5.56 Å². The molecule has 1 aliphatic rings. The van der Waals surface area contributed by atoms with Gasteiger partial charge in [0.1, 0.15) is 0 Å². The van der Waals surface area contributed by atoms with Crippen molar-refractivity contribution in [3.8, 4) is 0 Å². The van der Waals surface area contributed by atoms with E-state index in [0.29, 0.717) is 17.6 Å². The molecule has 0 saturated carbocycles. The Bertz CT molecular complexity index is 762. The lowest BCUT2D eigenvalue weighted by molar-refractivity contribution is 0.0399. The van der Waals surface area contributed by atoms with Crippen molar-refractivity contribution < 1.29 is 9.90 Å². The lowest BCUT2D eigenvalue weighted by atomic mass is 9.93. The van der Waals surface area contributed by atoms with Gasteiger partial charge in [0, 0.05) is 12.6 Å². The first-order valence-electron chi connectivity index (χ1n) is 7.66. The Kier molecular flexibility index (Phi) is 3.74. The molecule has 1 amide bonds. The van der Waals surface area contributed by atoms with E-state index in [4.69, 9.17) is 0 Å². The van der Waals surface area contributed by atoms with Crippen molar-refractivity contribution in [1.29, 1.82) is 0 Å². The van der Waals surface area contributed by atoms with E-state index in [9.17, 15) is 14.7 Å². The van der Waals surface area contributed by atoms with E-state index < -0.39 is 5.54 Å². The number of nitrogens with zero attached hydrogens (tertiary/aromatic N) is 1. The normalized spacial score (nSPS) is 21.5. The fraction of sp³-hybridized carbons (Fsp3) is 0.412. The van der Waals surface area contributed by atoms with Crippen LogP contribution in [0.1, 0.15) is 36.5 Å². The molecule has 1 aromatic carbocycles. The number of carbonyl (C=O) groups excluding carboxylic acids is 1. The van der Waals surface area contributed by atoms with E-state index >= 15 is 0 Å². The SMILES string of the molecule is CCC1(CO)CCCN1C(=O)c1cccc2ccc(=O)[nH]c12. The molecule has 0 spiro atoms. The Morgan fingerprint density at radius 3 is 2.91 bits per heavy atom. The maximum absolute atomic E-state index is 13.0. The molecule has 22 heavy (non-hydrogen) atoms. The zero-order chi connectivity index (χ0) is 15.7. The lowest BCUT2D eigenvalue weighted by Crippen LogP contribution is -2.49. The molecule has 1 atom stereocenters. The van der Waals surface area contributed by atoms with Crippen LogP contribution in [0.15, 0.2) is 35.1 Å². The fourth-order valence-electron chi connectivity index (χ4n) is 3.40. The molecule has 0 bridgehead atoms. The monoisotopic (exact) mass is 300 g/mol. The first-order chi connectivity index (χ1) is 10.6. The van der Waals surface area contributed by atoms with Gasteiger partial charge in [-0.05, 0) is 36.8 Å². The number of amides is 1. The molecule has 5 nitrogen and oxygen atoms in total. The van der Waals surface area contributed by atoms with Crippen molar-refractivity contribution >= 4 is 16.8 Å². The van der Waals surface area contributed by atoms with Crippen molar-refractivity contribution in [3.63, 3.8) is 0 Å². The predicted molar refractivity (Wildman–Crippen MR) is 84.9 cm³/mol. The molecule has 2 aromatic rings. The van der Waals surface area contributed by atoms with Crippen LogP contribution in [-0.4, -0.2) is 39.6 Å². The van der Waals surface area contributed by atoms with E-state index in [0.717, 1.165) is 24.6 Å². The summed E-state index contributed by atoms with van der Waals surface area (Å²) in [5.74, 6) is -0.124. The molecular formula is C17H20N2O3. The van der Waals surface area contributed by atoms with Crippen LogP contribution in [0.3, 0.4) is 0 Å². The summed E-state index contributed by atoms with van der Waals surface area (Å²) < 4.78 is 0. The number of nitrogens with one attached hydrogen (secondary N) is 1. The summed E-state index contributed by atoms with van der Waals surface area (Å²) in [5.41, 5.74) is 0.352. The summed E-state index contributed by atoms with van der Waals surface area (Å²) in [6.07, 6.45) is 2.42. The van der Waals surface area contributed by atoms with Crippen LogP contribution in [0.4, 0.5) is 0 Å². The van der Waals surface area contributed by atoms with Gasteiger partial charge < -0.3 is 15.0 Å². The van der Waals surface area contributed by atoms with Crippen LogP contribution in [0.2, 0.25) is 0 Å². The molecule has 1 aliphatic heterocycles. The minimum absolute atomic E-state index is 0.0312. The molecule has 5 heteroatoms. The molecule has 116 valence electrons. The molecule has 0 aliphatic carbocycles. The van der Waals surface area contributed by atoms with Gasteiger partial charge in [-0.1, -0.05) is 19.1 Å². The van der Waals surface area contributed by atoms with Crippen LogP contribution in [0.25, 0.3) is 10.9 Å². The van der Waals surface area contributed by atoms with Gasteiger partial charge in [-0.15, -0.1) is 0 Å². The minimum atomic E-state index is -0.478. The zero-order valence-corrected chi connectivity index (χ0v) is 12.6. The van der Waals surface area contributed by atoms with Gasteiger partial charge >= 0.3 is 0 Å². The van der Waals surface area contributed by atoms with Crippen LogP contribution in [0.5, 0.6) is 0 Å². The maximum atomic E-state index is 13.0. The summed E-state index contributed by atoms with van der Waals surface area (Å²) in [6.45, 7) is 2.60. The highest BCUT2D eigenvalue weighted by Crippen LogP contribution is 2.34. The fourth-order valence-corrected chi connectivity index (χ4v) is 3.40. The molecular weight excluding hydrogens is 280 g/mol. The number of pyridine rings is 1. The van der Waals surface area contributed by atoms with Crippen molar-refractivity contribution in [2.75, 3.05) is 13.2 Å². The van der Waals surface area contributed by atoms with Gasteiger partial charge in [-0.2, -0.15) is 0 Å². The average Bonchev–Trinajstić information content (AvgIpc) is 2.98. The summed E-state index contributed by atoms with van der Waals surface area (Å²) in [5, 5.41) is 10.6. The number of benzene rings is 1. The second-order valence-electron chi connectivity index (χ2n) is 5.89. The Hall–Kier alpha value is -2.14. The first kappa shape index (κ1) is 14.8. The number of hydrogen-bond donors (Lipinski definition) is 2. The van der Waals surface area contributed by atoms with E-state index in [-0.39, 0.29) is 18.1 Å². The third-order valence-corrected chi connectivity index (χ3v) is 4.78. The Morgan fingerprint density at radius 2 is 2.18 bits per heavy atom. The number of likely N-dealkylation sites (tertiary alicyclic amines) is 1. The number of fused-ring (bicyclic) bond motifs is 1. The predicted octanol–water partition coefficient (Wildman–Crippen LogP) is 1.91. The summed E-state index contributed by atoms with van der Waals surface area (Å²) in [7, 11) is 0. The third kappa shape index (κ3) is 2.22. The molecule has 1 fully saturated rings. The standard InChI is InChI=1S/C17H20N2O3/c1-2-17(11-20)9-4-10-19(17)16(22)13-6-3-5-12-7-8-14(21)18-15(12)13/h3,5-8,20H,2,4,9-11H2,1H3,(H,18,21). The average molecular weight is 300 g/mol. The van der Waals surface area contributed by atoms with Crippen molar-refractivity contribution in [2.45, 2.75) is 31.7 Å². The number of aromatic nitrogens is 1. The van der Waals surface area contributed by atoms with Crippen LogP contribution in [-0.2, 0) is 0 Å². The van der Waals surface area contributed by atoms with Gasteiger partial charge in [-0.25, -0.2) is 0 Å². The molecule has 1 unspecified atom stereocenters. The number of H-pyrrole nitrogens is 1. The van der Waals surface area contributed by atoms with E-state index in [1.54, 1.807) is 17.0 Å². The Labute approximate surface area is 128 Å². The highest BCUT2D eigenvalue weighted by molar-refractivity contribution is 6.05. The molecule has 0 radical (unpaired) electrons. The Balaban J connectivity index is 2.09. The Morgan fingerprint density at radius 1 is 1.36 bits per heavy atom. The van der Waals surface area contributed by atoms with Gasteiger partial charge in [0.25, 0.3) is 5.91 Å². The zero-order valence-electron chi connectivity index (χ0n) is 12.6. The number of carbonyl (C=O) groups is 1. The van der Waals surface area contributed by atoms with E-state index in [2.05, 4.69) is 4.98 Å². The number of aromatic amines is 1. The number of aliphatic hydroxyl groups is 1. The second-order valence-corrected chi connectivity index (χ2v) is 5.89. The van der Waals surface area contributed by atoms with Crippen LogP contribution in [0, 0.1) is 0 Å². The third-order valence-electron chi connectivity index (χ3n) is 4.78. The highest BCUT2D eigenvalue weighted by Gasteiger charge is 2.42.